The Kier molecular flexibility index (Phi) is 5.67. The van der Waals surface area contributed by atoms with Gasteiger partial charge in [0.2, 0.25) is 0 Å². The van der Waals surface area contributed by atoms with Crippen molar-refractivity contribution in [2.75, 3.05) is 17.1 Å². The summed E-state index contributed by atoms with van der Waals surface area (Å²) in [4.78, 5) is 9.18. The maximum absolute atomic E-state index is 13.0. The number of fused-ring (bicyclic) bond motifs is 1. The number of aryl methyl sites for hydroxylation is 1. The largest absolute Gasteiger partial charge is 0.497 e. The van der Waals surface area contributed by atoms with Crippen molar-refractivity contribution in [3.8, 4) is 5.75 Å². The van der Waals surface area contributed by atoms with Gasteiger partial charge in [-0.2, -0.15) is 0 Å². The number of halogens is 1. The quantitative estimate of drug-likeness (QED) is 0.418. The second kappa shape index (κ2) is 8.41. The minimum Gasteiger partial charge on any atom is -0.497 e. The van der Waals surface area contributed by atoms with E-state index >= 15 is 0 Å². The molecule has 0 aliphatic heterocycles. The van der Waals surface area contributed by atoms with E-state index in [0.717, 1.165) is 5.56 Å². The molecule has 0 aliphatic rings. The third kappa shape index (κ3) is 4.55. The van der Waals surface area contributed by atoms with Crippen molar-refractivity contribution in [1.82, 2.24) is 9.97 Å². The van der Waals surface area contributed by atoms with Crippen molar-refractivity contribution in [2.45, 2.75) is 11.8 Å². The van der Waals surface area contributed by atoms with Crippen LogP contribution in [0, 0.1) is 6.92 Å². The Labute approximate surface area is 185 Å². The summed E-state index contributed by atoms with van der Waals surface area (Å²) >= 11 is 6.32. The van der Waals surface area contributed by atoms with Crippen LogP contribution in [0.3, 0.4) is 0 Å². The number of para-hydroxylation sites is 2. The van der Waals surface area contributed by atoms with Gasteiger partial charge in [-0.25, -0.2) is 18.4 Å². The highest BCUT2D eigenvalue weighted by atomic mass is 35.5. The SMILES string of the molecule is COc1ccc(Cl)c(Nc2nc3ccccc3nc2NS(=O)(=O)c2cccc(C)c2)c1. The van der Waals surface area contributed by atoms with Crippen LogP contribution >= 0.6 is 11.6 Å². The molecule has 0 amide bonds. The summed E-state index contributed by atoms with van der Waals surface area (Å²) in [6.07, 6.45) is 0. The van der Waals surface area contributed by atoms with E-state index in [2.05, 4.69) is 20.0 Å². The standard InChI is InChI=1S/C22H19ClN4O3S/c1-14-6-5-7-16(12-14)31(28,29)27-22-21(24-18-8-3-4-9-19(18)25-22)26-20-13-15(30-2)10-11-17(20)23/h3-13H,1-2H3,(H,24,26)(H,25,27). The number of anilines is 3. The maximum Gasteiger partial charge on any atom is 0.263 e. The molecule has 3 aromatic carbocycles. The fraction of sp³-hybridized carbons (Fsp3) is 0.0909. The van der Waals surface area contributed by atoms with Crippen LogP contribution in [0.5, 0.6) is 5.75 Å². The van der Waals surface area contributed by atoms with Gasteiger partial charge in [-0.05, 0) is 48.9 Å². The molecule has 0 unspecified atom stereocenters. The average molecular weight is 455 g/mol. The fourth-order valence-corrected chi connectivity index (χ4v) is 4.26. The van der Waals surface area contributed by atoms with Gasteiger partial charge in [0.05, 0.1) is 33.7 Å². The summed E-state index contributed by atoms with van der Waals surface area (Å²) in [7, 11) is -2.35. The van der Waals surface area contributed by atoms with Gasteiger partial charge in [0.15, 0.2) is 11.6 Å². The minimum absolute atomic E-state index is 0.0547. The van der Waals surface area contributed by atoms with Crippen LogP contribution in [0.4, 0.5) is 17.3 Å². The van der Waals surface area contributed by atoms with Gasteiger partial charge < -0.3 is 10.1 Å². The molecule has 9 heteroatoms. The number of hydrogen-bond acceptors (Lipinski definition) is 6. The predicted molar refractivity (Wildman–Crippen MR) is 123 cm³/mol. The zero-order chi connectivity index (χ0) is 22.0. The molecule has 1 heterocycles. The zero-order valence-corrected chi connectivity index (χ0v) is 18.3. The third-order valence-electron chi connectivity index (χ3n) is 4.53. The Balaban J connectivity index is 1.80. The van der Waals surface area contributed by atoms with Crippen LogP contribution in [0.25, 0.3) is 11.0 Å². The molecule has 0 radical (unpaired) electrons. The second-order valence-electron chi connectivity index (χ2n) is 6.80. The lowest BCUT2D eigenvalue weighted by molar-refractivity contribution is 0.415. The van der Waals surface area contributed by atoms with Gasteiger partial charge in [-0.1, -0.05) is 35.9 Å². The van der Waals surface area contributed by atoms with E-state index in [0.29, 0.717) is 27.5 Å². The molecule has 158 valence electrons. The first-order valence-corrected chi connectivity index (χ1v) is 11.2. The van der Waals surface area contributed by atoms with Crippen LogP contribution in [0.1, 0.15) is 5.56 Å². The molecule has 0 saturated heterocycles. The van der Waals surface area contributed by atoms with Gasteiger partial charge >= 0.3 is 0 Å². The molecule has 7 nitrogen and oxygen atoms in total. The molecular formula is C22H19ClN4O3S. The van der Waals surface area contributed by atoms with E-state index in [4.69, 9.17) is 16.3 Å². The Morgan fingerprint density at radius 2 is 1.61 bits per heavy atom. The van der Waals surface area contributed by atoms with E-state index < -0.39 is 10.0 Å². The summed E-state index contributed by atoms with van der Waals surface area (Å²) in [6, 6.07) is 18.9. The first-order valence-electron chi connectivity index (χ1n) is 9.32. The highest BCUT2D eigenvalue weighted by Gasteiger charge is 2.19. The molecule has 4 aromatic rings. The van der Waals surface area contributed by atoms with Crippen LogP contribution in [-0.2, 0) is 10.0 Å². The lowest BCUT2D eigenvalue weighted by Crippen LogP contribution is -2.16. The molecular weight excluding hydrogens is 436 g/mol. The van der Waals surface area contributed by atoms with Gasteiger partial charge in [-0.15, -0.1) is 0 Å². The monoisotopic (exact) mass is 454 g/mol. The van der Waals surface area contributed by atoms with E-state index in [1.54, 1.807) is 49.6 Å². The molecule has 0 bridgehead atoms. The fourth-order valence-electron chi connectivity index (χ4n) is 2.98. The lowest BCUT2D eigenvalue weighted by Gasteiger charge is -2.15. The van der Waals surface area contributed by atoms with Crippen molar-refractivity contribution >= 4 is 50.0 Å². The number of benzene rings is 3. The van der Waals surface area contributed by atoms with Crippen molar-refractivity contribution < 1.29 is 13.2 Å². The van der Waals surface area contributed by atoms with Gasteiger partial charge in [0.1, 0.15) is 5.75 Å². The summed E-state index contributed by atoms with van der Waals surface area (Å²) in [5.74, 6) is 0.853. The summed E-state index contributed by atoms with van der Waals surface area (Å²) in [5, 5.41) is 3.50. The topological polar surface area (TPSA) is 93.2 Å². The predicted octanol–water partition coefficient (Wildman–Crippen LogP) is 5.14. The number of nitrogens with zero attached hydrogens (tertiary/aromatic N) is 2. The highest BCUT2D eigenvalue weighted by Crippen LogP contribution is 2.32. The summed E-state index contributed by atoms with van der Waals surface area (Å²) in [5.41, 5.74) is 2.48. The van der Waals surface area contributed by atoms with Crippen LogP contribution in [-0.4, -0.2) is 25.5 Å². The molecule has 0 saturated carbocycles. The van der Waals surface area contributed by atoms with Crippen LogP contribution in [0.15, 0.2) is 71.6 Å². The van der Waals surface area contributed by atoms with Gasteiger partial charge in [0.25, 0.3) is 10.0 Å². The van der Waals surface area contributed by atoms with E-state index in [-0.39, 0.29) is 16.5 Å². The van der Waals surface area contributed by atoms with Gasteiger partial charge in [-0.3, -0.25) is 4.72 Å². The summed E-state index contributed by atoms with van der Waals surface area (Å²) < 4.78 is 33.8. The van der Waals surface area contributed by atoms with E-state index in [9.17, 15) is 8.42 Å². The molecule has 0 aliphatic carbocycles. The summed E-state index contributed by atoms with van der Waals surface area (Å²) in [6.45, 7) is 1.83. The van der Waals surface area contributed by atoms with Crippen molar-refractivity contribution in [1.29, 1.82) is 0 Å². The average Bonchev–Trinajstić information content (AvgIpc) is 2.75. The van der Waals surface area contributed by atoms with Crippen molar-refractivity contribution in [3.63, 3.8) is 0 Å². The highest BCUT2D eigenvalue weighted by molar-refractivity contribution is 7.92. The Morgan fingerprint density at radius 3 is 2.29 bits per heavy atom. The van der Waals surface area contributed by atoms with Gasteiger partial charge in [0, 0.05) is 6.07 Å². The first-order chi connectivity index (χ1) is 14.9. The number of rotatable bonds is 6. The molecule has 31 heavy (non-hydrogen) atoms. The number of sulfonamides is 1. The molecule has 0 fully saturated rings. The maximum atomic E-state index is 13.0. The van der Waals surface area contributed by atoms with Crippen LogP contribution in [0.2, 0.25) is 5.02 Å². The molecule has 4 rings (SSSR count). The molecule has 2 N–H and O–H groups in total. The van der Waals surface area contributed by atoms with Crippen molar-refractivity contribution in [3.05, 3.63) is 77.3 Å². The number of nitrogens with one attached hydrogen (secondary N) is 2. The number of hydrogen-bond donors (Lipinski definition) is 2. The van der Waals surface area contributed by atoms with Crippen molar-refractivity contribution in [2.24, 2.45) is 0 Å². The zero-order valence-electron chi connectivity index (χ0n) is 16.8. The molecule has 0 spiro atoms. The second-order valence-corrected chi connectivity index (χ2v) is 8.89. The minimum atomic E-state index is -3.89. The molecule has 1 aromatic heterocycles. The van der Waals surface area contributed by atoms with E-state index in [1.807, 2.05) is 25.1 Å². The van der Waals surface area contributed by atoms with E-state index in [1.165, 1.54) is 6.07 Å². The Morgan fingerprint density at radius 1 is 0.903 bits per heavy atom. The number of ether oxygens (including phenoxy) is 1. The number of methoxy groups -OCH3 is 1. The number of aromatic nitrogens is 2. The Hall–Kier alpha value is -3.36. The Bertz CT molecular complexity index is 1380. The third-order valence-corrected chi connectivity index (χ3v) is 6.19. The first kappa shape index (κ1) is 20.9. The lowest BCUT2D eigenvalue weighted by atomic mass is 10.2. The molecule has 0 atom stereocenters. The normalized spacial score (nSPS) is 11.3. The smallest absolute Gasteiger partial charge is 0.263 e. The van der Waals surface area contributed by atoms with Crippen LogP contribution < -0.4 is 14.8 Å².